The minimum Gasteiger partial charge on any atom is -0.495 e. The number of para-hydroxylation sites is 1. The largest absolute Gasteiger partial charge is 0.495 e. The molecule has 3 aromatic rings. The molecule has 0 aromatic heterocycles. The Morgan fingerprint density at radius 3 is 2.44 bits per heavy atom. The Morgan fingerprint density at radius 1 is 0.949 bits per heavy atom. The van der Waals surface area contributed by atoms with E-state index < -0.39 is 26.0 Å². The number of carbonyl (C=O) groups is 1. The number of rotatable bonds is 7. The van der Waals surface area contributed by atoms with Gasteiger partial charge in [-0.2, -0.15) is 4.31 Å². The third-order valence-electron chi connectivity index (χ3n) is 6.81. The standard InChI is InChI=1S/C27H29N3O7S2/c1-19-16-20-6-3-4-9-24(20)30(19)38(32,33)23-8-5-7-21(17-23)27(31)28-22-10-11-25(36-2)26(18-22)39(34,35)29-12-14-37-15-13-29/h3-11,17-19H,12-16H2,1-2H3,(H,28,31). The number of hydrogen-bond acceptors (Lipinski definition) is 7. The van der Waals surface area contributed by atoms with Gasteiger partial charge in [0.2, 0.25) is 10.0 Å². The van der Waals surface area contributed by atoms with Gasteiger partial charge in [0.05, 0.1) is 30.9 Å². The van der Waals surface area contributed by atoms with Crippen LogP contribution >= 0.6 is 0 Å². The third kappa shape index (κ3) is 5.12. The number of nitrogens with zero attached hydrogens (tertiary/aromatic N) is 2. The first-order valence-electron chi connectivity index (χ1n) is 12.4. The highest BCUT2D eigenvalue weighted by Crippen LogP contribution is 2.37. The number of fused-ring (bicyclic) bond motifs is 1. The van der Waals surface area contributed by atoms with Crippen LogP contribution in [0.25, 0.3) is 0 Å². The van der Waals surface area contributed by atoms with E-state index in [0.29, 0.717) is 25.3 Å². The average molecular weight is 572 g/mol. The fraction of sp³-hybridized carbons (Fsp3) is 0.296. The van der Waals surface area contributed by atoms with Gasteiger partial charge in [0.1, 0.15) is 10.6 Å². The predicted molar refractivity (Wildman–Crippen MR) is 146 cm³/mol. The zero-order valence-electron chi connectivity index (χ0n) is 21.5. The summed E-state index contributed by atoms with van der Waals surface area (Å²) in [4.78, 5) is 13.1. The molecule has 1 saturated heterocycles. The lowest BCUT2D eigenvalue weighted by Gasteiger charge is -2.26. The second-order valence-corrected chi connectivity index (χ2v) is 13.1. The van der Waals surface area contributed by atoms with Crippen molar-refractivity contribution in [2.45, 2.75) is 29.2 Å². The number of anilines is 2. The summed E-state index contributed by atoms with van der Waals surface area (Å²) < 4.78 is 67.0. The highest BCUT2D eigenvalue weighted by Gasteiger charge is 2.36. The van der Waals surface area contributed by atoms with E-state index in [0.717, 1.165) is 5.56 Å². The van der Waals surface area contributed by atoms with Crippen LogP contribution in [0.2, 0.25) is 0 Å². The normalized spacial score (nSPS) is 18.0. The molecule has 1 atom stereocenters. The summed E-state index contributed by atoms with van der Waals surface area (Å²) in [5.74, 6) is -0.436. The molecule has 0 saturated carbocycles. The third-order valence-corrected chi connectivity index (χ3v) is 10.7. The molecule has 0 bridgehead atoms. The molecule has 39 heavy (non-hydrogen) atoms. The van der Waals surface area contributed by atoms with Crippen LogP contribution in [0.4, 0.5) is 11.4 Å². The summed E-state index contributed by atoms with van der Waals surface area (Å²) in [7, 11) is -6.46. The molecule has 1 N–H and O–H groups in total. The second kappa shape index (κ2) is 10.6. The number of methoxy groups -OCH3 is 1. The van der Waals surface area contributed by atoms with Crippen molar-refractivity contribution >= 4 is 37.3 Å². The SMILES string of the molecule is COc1ccc(NC(=O)c2cccc(S(=O)(=O)N3c4ccccc4CC3C)c2)cc1S(=O)(=O)N1CCOCC1. The van der Waals surface area contributed by atoms with E-state index in [1.165, 1.54) is 58.2 Å². The number of ether oxygens (including phenoxy) is 2. The Balaban J connectivity index is 1.41. The smallest absolute Gasteiger partial charge is 0.264 e. The number of sulfonamides is 2. The Kier molecular flexibility index (Phi) is 7.38. The summed E-state index contributed by atoms with van der Waals surface area (Å²) >= 11 is 0. The lowest BCUT2D eigenvalue weighted by molar-refractivity contribution is 0.0729. The van der Waals surface area contributed by atoms with Gasteiger partial charge in [-0.25, -0.2) is 16.8 Å². The number of hydrogen-bond donors (Lipinski definition) is 1. The Bertz CT molecular complexity index is 1620. The highest BCUT2D eigenvalue weighted by atomic mass is 32.2. The first kappa shape index (κ1) is 27.1. The molecule has 3 aromatic carbocycles. The van der Waals surface area contributed by atoms with Crippen LogP contribution in [-0.4, -0.2) is 66.5 Å². The van der Waals surface area contributed by atoms with Gasteiger partial charge in [0.15, 0.2) is 0 Å². The van der Waals surface area contributed by atoms with Crippen molar-refractivity contribution in [2.24, 2.45) is 0 Å². The van der Waals surface area contributed by atoms with Gasteiger partial charge >= 0.3 is 0 Å². The first-order chi connectivity index (χ1) is 18.6. The monoisotopic (exact) mass is 571 g/mol. The number of carbonyl (C=O) groups excluding carboxylic acids is 1. The van der Waals surface area contributed by atoms with Crippen molar-refractivity contribution in [2.75, 3.05) is 43.0 Å². The Hall–Kier alpha value is -3.45. The van der Waals surface area contributed by atoms with Crippen molar-refractivity contribution in [1.82, 2.24) is 4.31 Å². The van der Waals surface area contributed by atoms with Crippen LogP contribution in [0.3, 0.4) is 0 Å². The molecule has 12 heteroatoms. The maximum atomic E-state index is 13.6. The van der Waals surface area contributed by atoms with Gasteiger partial charge in [-0.3, -0.25) is 9.10 Å². The number of benzene rings is 3. The van der Waals surface area contributed by atoms with Gasteiger partial charge in [-0.15, -0.1) is 0 Å². The maximum absolute atomic E-state index is 13.6. The quantitative estimate of drug-likeness (QED) is 0.462. The van der Waals surface area contributed by atoms with Gasteiger partial charge in [-0.05, 0) is 61.4 Å². The molecule has 2 aliphatic heterocycles. The molecule has 206 valence electrons. The van der Waals surface area contributed by atoms with Crippen molar-refractivity contribution in [1.29, 1.82) is 0 Å². The van der Waals surface area contributed by atoms with E-state index in [4.69, 9.17) is 9.47 Å². The molecule has 1 amide bonds. The summed E-state index contributed by atoms with van der Waals surface area (Å²) in [6.45, 7) is 2.85. The van der Waals surface area contributed by atoms with E-state index in [1.807, 2.05) is 19.1 Å². The Morgan fingerprint density at radius 2 is 1.69 bits per heavy atom. The van der Waals surface area contributed by atoms with Crippen LogP contribution in [0.5, 0.6) is 5.75 Å². The second-order valence-electron chi connectivity index (χ2n) is 9.35. The van der Waals surface area contributed by atoms with Gasteiger partial charge < -0.3 is 14.8 Å². The van der Waals surface area contributed by atoms with Crippen LogP contribution in [-0.2, 0) is 31.2 Å². The molecule has 2 aliphatic rings. The molecular weight excluding hydrogens is 542 g/mol. The fourth-order valence-corrected chi connectivity index (χ4v) is 8.23. The minimum atomic E-state index is -3.94. The molecule has 1 unspecified atom stereocenters. The summed E-state index contributed by atoms with van der Waals surface area (Å²) in [6.07, 6.45) is 0.600. The number of morpholine rings is 1. The minimum absolute atomic E-state index is 0.0102. The summed E-state index contributed by atoms with van der Waals surface area (Å²) in [6, 6.07) is 17.2. The molecule has 2 heterocycles. The van der Waals surface area contributed by atoms with Crippen molar-refractivity contribution in [3.05, 3.63) is 77.9 Å². The van der Waals surface area contributed by atoms with Gasteiger partial charge in [-0.1, -0.05) is 24.3 Å². The first-order valence-corrected chi connectivity index (χ1v) is 15.3. The summed E-state index contributed by atoms with van der Waals surface area (Å²) in [5.41, 5.74) is 1.92. The average Bonchev–Trinajstić information content (AvgIpc) is 3.30. The molecule has 0 aliphatic carbocycles. The molecule has 0 spiro atoms. The number of amides is 1. The van der Waals surface area contributed by atoms with Crippen LogP contribution in [0, 0.1) is 0 Å². The Labute approximate surface area is 228 Å². The number of nitrogens with one attached hydrogen (secondary N) is 1. The topological polar surface area (TPSA) is 122 Å². The predicted octanol–water partition coefficient (Wildman–Crippen LogP) is 3.11. The zero-order chi connectivity index (χ0) is 27.8. The van der Waals surface area contributed by atoms with Gasteiger partial charge in [0.25, 0.3) is 15.9 Å². The van der Waals surface area contributed by atoms with E-state index in [2.05, 4.69) is 5.32 Å². The van der Waals surface area contributed by atoms with Crippen molar-refractivity contribution in [3.63, 3.8) is 0 Å². The van der Waals surface area contributed by atoms with Crippen molar-refractivity contribution < 1.29 is 31.1 Å². The molecular formula is C27H29N3O7S2. The van der Waals surface area contributed by atoms with Crippen LogP contribution in [0.15, 0.2) is 76.5 Å². The van der Waals surface area contributed by atoms with Crippen LogP contribution < -0.4 is 14.4 Å². The van der Waals surface area contributed by atoms with E-state index in [1.54, 1.807) is 12.1 Å². The van der Waals surface area contributed by atoms with Crippen LogP contribution in [0.1, 0.15) is 22.8 Å². The molecule has 0 radical (unpaired) electrons. The van der Waals surface area contributed by atoms with E-state index >= 15 is 0 Å². The zero-order valence-corrected chi connectivity index (χ0v) is 23.2. The maximum Gasteiger partial charge on any atom is 0.264 e. The lowest BCUT2D eigenvalue weighted by atomic mass is 10.1. The molecule has 1 fully saturated rings. The molecule has 10 nitrogen and oxygen atoms in total. The van der Waals surface area contributed by atoms with E-state index in [9.17, 15) is 21.6 Å². The summed E-state index contributed by atoms with van der Waals surface area (Å²) in [5, 5.41) is 2.69. The lowest BCUT2D eigenvalue weighted by Crippen LogP contribution is -2.40. The van der Waals surface area contributed by atoms with Crippen molar-refractivity contribution in [3.8, 4) is 5.75 Å². The van der Waals surface area contributed by atoms with Gasteiger partial charge in [0, 0.05) is 30.4 Å². The fourth-order valence-electron chi connectivity index (χ4n) is 4.90. The molecule has 5 rings (SSSR count). The van der Waals surface area contributed by atoms with E-state index in [-0.39, 0.29) is 45.9 Å². The highest BCUT2D eigenvalue weighted by molar-refractivity contribution is 7.93.